The highest BCUT2D eigenvalue weighted by Crippen LogP contribution is 2.27. The van der Waals surface area contributed by atoms with Gasteiger partial charge in [-0.3, -0.25) is 4.79 Å². The summed E-state index contributed by atoms with van der Waals surface area (Å²) in [6, 6.07) is 8.01. The zero-order valence-corrected chi connectivity index (χ0v) is 12.2. The molecule has 0 aliphatic carbocycles. The first-order valence-corrected chi connectivity index (χ1v) is 7.41. The standard InChI is InChI=1S/C16H19N3O2/c1-2-21-16(20)12-7-9-19(10-8-12)15-13-5-3-4-6-14(13)17-11-18-15/h3-6,11-12H,2,7-10H2,1H3. The smallest absolute Gasteiger partial charge is 0.309 e. The number of esters is 1. The number of anilines is 1. The summed E-state index contributed by atoms with van der Waals surface area (Å²) in [5.74, 6) is 0.918. The van der Waals surface area contributed by atoms with Crippen molar-refractivity contribution < 1.29 is 9.53 Å². The van der Waals surface area contributed by atoms with E-state index in [-0.39, 0.29) is 11.9 Å². The van der Waals surface area contributed by atoms with Crippen molar-refractivity contribution in [3.05, 3.63) is 30.6 Å². The lowest BCUT2D eigenvalue weighted by atomic mass is 9.97. The van der Waals surface area contributed by atoms with Gasteiger partial charge in [0.05, 0.1) is 18.0 Å². The molecule has 3 rings (SSSR count). The molecule has 0 amide bonds. The molecule has 0 N–H and O–H groups in total. The quantitative estimate of drug-likeness (QED) is 0.811. The van der Waals surface area contributed by atoms with Crippen molar-refractivity contribution in [1.82, 2.24) is 9.97 Å². The molecule has 110 valence electrons. The van der Waals surface area contributed by atoms with Crippen LogP contribution in [0.1, 0.15) is 19.8 Å². The van der Waals surface area contributed by atoms with Crippen molar-refractivity contribution in [2.45, 2.75) is 19.8 Å². The largest absolute Gasteiger partial charge is 0.466 e. The number of ether oxygens (including phenoxy) is 1. The van der Waals surface area contributed by atoms with Gasteiger partial charge in [-0.2, -0.15) is 0 Å². The van der Waals surface area contributed by atoms with E-state index >= 15 is 0 Å². The van der Waals surface area contributed by atoms with E-state index in [1.54, 1.807) is 6.33 Å². The molecule has 5 nitrogen and oxygen atoms in total. The average Bonchev–Trinajstić information content (AvgIpc) is 2.55. The Hall–Kier alpha value is -2.17. The molecule has 1 fully saturated rings. The number of hydrogen-bond acceptors (Lipinski definition) is 5. The van der Waals surface area contributed by atoms with Gasteiger partial charge in [-0.15, -0.1) is 0 Å². The highest BCUT2D eigenvalue weighted by molar-refractivity contribution is 5.89. The molecular formula is C16H19N3O2. The van der Waals surface area contributed by atoms with Crippen LogP contribution in [0, 0.1) is 5.92 Å². The molecule has 1 saturated heterocycles. The lowest BCUT2D eigenvalue weighted by molar-refractivity contribution is -0.148. The Labute approximate surface area is 124 Å². The van der Waals surface area contributed by atoms with Gasteiger partial charge >= 0.3 is 5.97 Å². The average molecular weight is 285 g/mol. The summed E-state index contributed by atoms with van der Waals surface area (Å²) >= 11 is 0. The number of aromatic nitrogens is 2. The number of benzene rings is 1. The van der Waals surface area contributed by atoms with Gasteiger partial charge in [0.25, 0.3) is 0 Å². The van der Waals surface area contributed by atoms with Crippen LogP contribution in [0.4, 0.5) is 5.82 Å². The van der Waals surface area contributed by atoms with Crippen LogP contribution in [-0.2, 0) is 9.53 Å². The van der Waals surface area contributed by atoms with Crippen molar-refractivity contribution >= 4 is 22.7 Å². The van der Waals surface area contributed by atoms with Gasteiger partial charge in [0.15, 0.2) is 0 Å². The van der Waals surface area contributed by atoms with E-state index < -0.39 is 0 Å². The third-order valence-electron chi connectivity index (χ3n) is 3.94. The molecule has 1 aliphatic heterocycles. The Bertz CT molecular complexity index is 631. The van der Waals surface area contributed by atoms with E-state index in [4.69, 9.17) is 4.74 Å². The van der Waals surface area contributed by atoms with E-state index in [1.165, 1.54) is 0 Å². The molecule has 0 saturated carbocycles. The lowest BCUT2D eigenvalue weighted by Gasteiger charge is -2.32. The monoisotopic (exact) mass is 285 g/mol. The van der Waals surface area contributed by atoms with Crippen LogP contribution in [0.3, 0.4) is 0 Å². The van der Waals surface area contributed by atoms with Crippen LogP contribution in [0.15, 0.2) is 30.6 Å². The molecule has 1 aromatic carbocycles. The predicted octanol–water partition coefficient (Wildman–Crippen LogP) is 2.41. The molecule has 2 aromatic rings. The third-order valence-corrected chi connectivity index (χ3v) is 3.94. The van der Waals surface area contributed by atoms with Crippen molar-refractivity contribution in [3.63, 3.8) is 0 Å². The van der Waals surface area contributed by atoms with Crippen molar-refractivity contribution in [3.8, 4) is 0 Å². The maximum absolute atomic E-state index is 11.8. The molecule has 0 radical (unpaired) electrons. The number of carbonyl (C=O) groups is 1. The fraction of sp³-hybridized carbons (Fsp3) is 0.438. The molecular weight excluding hydrogens is 266 g/mol. The summed E-state index contributed by atoms with van der Waals surface area (Å²) in [6.45, 7) is 3.95. The van der Waals surface area contributed by atoms with Gasteiger partial charge in [-0.1, -0.05) is 12.1 Å². The number of para-hydroxylation sites is 1. The minimum absolute atomic E-state index is 0.0225. The van der Waals surface area contributed by atoms with Crippen LogP contribution < -0.4 is 4.90 Å². The minimum Gasteiger partial charge on any atom is -0.466 e. The summed E-state index contributed by atoms with van der Waals surface area (Å²) in [4.78, 5) is 22.8. The van der Waals surface area contributed by atoms with Crippen LogP contribution in [0.2, 0.25) is 0 Å². The van der Waals surface area contributed by atoms with Gasteiger partial charge in [0.2, 0.25) is 0 Å². The number of hydrogen-bond donors (Lipinski definition) is 0. The van der Waals surface area contributed by atoms with Gasteiger partial charge in [-0.05, 0) is 31.9 Å². The molecule has 21 heavy (non-hydrogen) atoms. The van der Waals surface area contributed by atoms with Crippen LogP contribution >= 0.6 is 0 Å². The maximum atomic E-state index is 11.8. The van der Waals surface area contributed by atoms with Crippen LogP contribution in [0.5, 0.6) is 0 Å². The van der Waals surface area contributed by atoms with Gasteiger partial charge in [-0.25, -0.2) is 9.97 Å². The third kappa shape index (κ3) is 2.82. The van der Waals surface area contributed by atoms with E-state index in [9.17, 15) is 4.79 Å². The van der Waals surface area contributed by atoms with Gasteiger partial charge in [0.1, 0.15) is 12.1 Å². The molecule has 1 aromatic heterocycles. The number of rotatable bonds is 3. The molecule has 5 heteroatoms. The Kier molecular flexibility index (Phi) is 3.99. The summed E-state index contributed by atoms with van der Waals surface area (Å²) in [5.41, 5.74) is 0.954. The number of fused-ring (bicyclic) bond motifs is 1. The van der Waals surface area contributed by atoms with E-state index in [2.05, 4.69) is 14.9 Å². The molecule has 1 aliphatic rings. The molecule has 0 unspecified atom stereocenters. The predicted molar refractivity (Wildman–Crippen MR) is 81.1 cm³/mol. The topological polar surface area (TPSA) is 55.3 Å². The normalized spacial score (nSPS) is 16.1. The molecule has 0 spiro atoms. The minimum atomic E-state index is -0.0651. The number of carbonyl (C=O) groups excluding carboxylic acids is 1. The highest BCUT2D eigenvalue weighted by Gasteiger charge is 2.27. The second kappa shape index (κ2) is 6.08. The second-order valence-electron chi connectivity index (χ2n) is 5.23. The fourth-order valence-corrected chi connectivity index (χ4v) is 2.83. The van der Waals surface area contributed by atoms with E-state index in [1.807, 2.05) is 31.2 Å². The Morgan fingerprint density at radius 3 is 2.81 bits per heavy atom. The Morgan fingerprint density at radius 2 is 2.05 bits per heavy atom. The fourth-order valence-electron chi connectivity index (χ4n) is 2.83. The van der Waals surface area contributed by atoms with Gasteiger partial charge < -0.3 is 9.64 Å². The Morgan fingerprint density at radius 1 is 1.29 bits per heavy atom. The van der Waals surface area contributed by atoms with E-state index in [0.717, 1.165) is 42.7 Å². The first-order valence-electron chi connectivity index (χ1n) is 7.41. The zero-order chi connectivity index (χ0) is 14.7. The van der Waals surface area contributed by atoms with E-state index in [0.29, 0.717) is 6.61 Å². The molecule has 0 atom stereocenters. The van der Waals surface area contributed by atoms with Crippen molar-refractivity contribution in [1.29, 1.82) is 0 Å². The van der Waals surface area contributed by atoms with Crippen LogP contribution in [-0.4, -0.2) is 35.6 Å². The molecule has 0 bridgehead atoms. The van der Waals surface area contributed by atoms with Crippen LogP contribution in [0.25, 0.3) is 10.9 Å². The maximum Gasteiger partial charge on any atom is 0.309 e. The second-order valence-corrected chi connectivity index (χ2v) is 5.23. The number of nitrogens with zero attached hydrogens (tertiary/aromatic N) is 3. The lowest BCUT2D eigenvalue weighted by Crippen LogP contribution is -2.37. The summed E-state index contributed by atoms with van der Waals surface area (Å²) in [6.07, 6.45) is 3.24. The first kappa shape index (κ1) is 13.8. The highest BCUT2D eigenvalue weighted by atomic mass is 16.5. The zero-order valence-electron chi connectivity index (χ0n) is 12.2. The SMILES string of the molecule is CCOC(=O)C1CCN(c2ncnc3ccccc23)CC1. The number of piperidine rings is 1. The Balaban J connectivity index is 1.76. The van der Waals surface area contributed by atoms with Gasteiger partial charge in [0, 0.05) is 18.5 Å². The molecule has 2 heterocycles. The summed E-state index contributed by atoms with van der Waals surface area (Å²) < 4.78 is 5.11. The van der Waals surface area contributed by atoms with Crippen molar-refractivity contribution in [2.24, 2.45) is 5.92 Å². The summed E-state index contributed by atoms with van der Waals surface area (Å²) in [7, 11) is 0. The first-order chi connectivity index (χ1) is 10.3. The van der Waals surface area contributed by atoms with Crippen molar-refractivity contribution in [2.75, 3.05) is 24.6 Å². The summed E-state index contributed by atoms with van der Waals surface area (Å²) in [5, 5.41) is 1.06.